The first kappa shape index (κ1) is 16.9. The van der Waals surface area contributed by atoms with Gasteiger partial charge in [-0.2, -0.15) is 0 Å². The third-order valence-corrected chi connectivity index (χ3v) is 6.54. The van der Waals surface area contributed by atoms with Crippen LogP contribution in [0.25, 0.3) is 10.1 Å². The Kier molecular flexibility index (Phi) is 4.95. The van der Waals surface area contributed by atoms with Crippen LogP contribution in [-0.4, -0.2) is 43.1 Å². The molecule has 1 saturated carbocycles. The Morgan fingerprint density at radius 2 is 2.08 bits per heavy atom. The minimum absolute atomic E-state index is 0.0135. The average molecular weight is 359 g/mol. The van der Waals surface area contributed by atoms with Crippen molar-refractivity contribution >= 4 is 27.3 Å². The normalized spacial score (nSPS) is 22.4. The van der Waals surface area contributed by atoms with E-state index in [1.807, 2.05) is 17.5 Å². The quantitative estimate of drug-likeness (QED) is 0.897. The summed E-state index contributed by atoms with van der Waals surface area (Å²) in [7, 11) is 1.63. The van der Waals surface area contributed by atoms with Gasteiger partial charge in [0.2, 0.25) is 0 Å². The molecule has 0 unspecified atom stereocenters. The lowest BCUT2D eigenvalue weighted by molar-refractivity contribution is 0.0932. The number of thiophene rings is 1. The number of benzene rings is 1. The summed E-state index contributed by atoms with van der Waals surface area (Å²) in [6.07, 6.45) is 7.79. The lowest BCUT2D eigenvalue weighted by atomic mass is 9.94. The second-order valence-electron chi connectivity index (χ2n) is 7.26. The molecule has 2 aromatic rings. The van der Waals surface area contributed by atoms with Crippen LogP contribution in [0.4, 0.5) is 0 Å². The SMILES string of the molecule is COc1cc2sccc2cc1C(=O)N[C@H]1CCN(C2CCCCC2)C1. The third-order valence-electron chi connectivity index (χ3n) is 5.67. The van der Waals surface area contributed by atoms with Gasteiger partial charge in [-0.3, -0.25) is 9.69 Å². The fraction of sp³-hybridized carbons (Fsp3) is 0.550. The molecule has 0 spiro atoms. The van der Waals surface area contributed by atoms with E-state index >= 15 is 0 Å². The molecule has 5 heteroatoms. The van der Waals surface area contributed by atoms with Crippen molar-refractivity contribution in [3.8, 4) is 5.75 Å². The number of likely N-dealkylation sites (tertiary alicyclic amines) is 1. The molecule has 2 heterocycles. The van der Waals surface area contributed by atoms with Gasteiger partial charge < -0.3 is 10.1 Å². The largest absolute Gasteiger partial charge is 0.496 e. The van der Waals surface area contributed by atoms with Crippen molar-refractivity contribution in [1.29, 1.82) is 0 Å². The fourth-order valence-electron chi connectivity index (χ4n) is 4.28. The number of fused-ring (bicyclic) bond motifs is 1. The summed E-state index contributed by atoms with van der Waals surface area (Å²) in [4.78, 5) is 15.4. The van der Waals surface area contributed by atoms with Gasteiger partial charge in [0.05, 0.1) is 12.7 Å². The molecule has 1 aromatic heterocycles. The number of ether oxygens (including phenoxy) is 1. The smallest absolute Gasteiger partial charge is 0.255 e. The van der Waals surface area contributed by atoms with Gasteiger partial charge >= 0.3 is 0 Å². The lowest BCUT2D eigenvalue weighted by Crippen LogP contribution is -2.40. The number of hydrogen-bond acceptors (Lipinski definition) is 4. The Hall–Kier alpha value is -1.59. The first-order valence-corrected chi connectivity index (χ1v) is 10.2. The Morgan fingerprint density at radius 1 is 1.24 bits per heavy atom. The molecular weight excluding hydrogens is 332 g/mol. The first-order valence-electron chi connectivity index (χ1n) is 9.35. The minimum Gasteiger partial charge on any atom is -0.496 e. The monoisotopic (exact) mass is 358 g/mol. The highest BCUT2D eigenvalue weighted by molar-refractivity contribution is 7.17. The molecule has 1 aliphatic carbocycles. The van der Waals surface area contributed by atoms with E-state index in [1.165, 1.54) is 32.1 Å². The van der Waals surface area contributed by atoms with E-state index in [1.54, 1.807) is 18.4 Å². The van der Waals surface area contributed by atoms with E-state index in [-0.39, 0.29) is 11.9 Å². The predicted octanol–water partition coefficient (Wildman–Crippen LogP) is 4.05. The number of methoxy groups -OCH3 is 1. The van der Waals surface area contributed by atoms with Crippen LogP contribution in [0, 0.1) is 0 Å². The van der Waals surface area contributed by atoms with Gasteiger partial charge in [0.15, 0.2) is 0 Å². The van der Waals surface area contributed by atoms with E-state index in [4.69, 9.17) is 4.74 Å². The molecule has 2 fully saturated rings. The third kappa shape index (κ3) is 3.53. The van der Waals surface area contributed by atoms with Crippen molar-refractivity contribution in [2.75, 3.05) is 20.2 Å². The van der Waals surface area contributed by atoms with Crippen LogP contribution < -0.4 is 10.1 Å². The van der Waals surface area contributed by atoms with Crippen LogP contribution in [0.15, 0.2) is 23.6 Å². The summed E-state index contributed by atoms with van der Waals surface area (Å²) in [6.45, 7) is 2.09. The summed E-state index contributed by atoms with van der Waals surface area (Å²) < 4.78 is 6.61. The van der Waals surface area contributed by atoms with Crippen LogP contribution in [-0.2, 0) is 0 Å². The molecule has 1 N–H and O–H groups in total. The number of amides is 1. The zero-order valence-electron chi connectivity index (χ0n) is 14.8. The van der Waals surface area contributed by atoms with Gasteiger partial charge in [-0.1, -0.05) is 19.3 Å². The molecule has 1 aliphatic heterocycles. The molecule has 1 saturated heterocycles. The maximum absolute atomic E-state index is 12.8. The Balaban J connectivity index is 1.43. The molecule has 2 aliphatic rings. The van der Waals surface area contributed by atoms with E-state index in [2.05, 4.69) is 16.3 Å². The second-order valence-corrected chi connectivity index (χ2v) is 8.20. The fourth-order valence-corrected chi connectivity index (χ4v) is 5.08. The number of carbonyl (C=O) groups excluding carboxylic acids is 1. The molecule has 4 nitrogen and oxygen atoms in total. The maximum Gasteiger partial charge on any atom is 0.255 e. The highest BCUT2D eigenvalue weighted by atomic mass is 32.1. The topological polar surface area (TPSA) is 41.6 Å². The van der Waals surface area contributed by atoms with E-state index in [0.717, 1.165) is 35.6 Å². The van der Waals surface area contributed by atoms with Crippen molar-refractivity contribution in [3.05, 3.63) is 29.1 Å². The van der Waals surface area contributed by atoms with E-state index in [0.29, 0.717) is 11.3 Å². The van der Waals surface area contributed by atoms with Crippen molar-refractivity contribution in [2.24, 2.45) is 0 Å². The van der Waals surface area contributed by atoms with Gasteiger partial charge in [0.1, 0.15) is 5.75 Å². The molecular formula is C20H26N2O2S. The number of carbonyl (C=O) groups is 1. The highest BCUT2D eigenvalue weighted by Crippen LogP contribution is 2.30. The van der Waals surface area contributed by atoms with Crippen LogP contribution >= 0.6 is 11.3 Å². The molecule has 1 atom stereocenters. The summed E-state index contributed by atoms with van der Waals surface area (Å²) in [5, 5.41) is 6.39. The van der Waals surface area contributed by atoms with Crippen LogP contribution in [0.3, 0.4) is 0 Å². The molecule has 1 aromatic carbocycles. The number of nitrogens with one attached hydrogen (secondary N) is 1. The highest BCUT2D eigenvalue weighted by Gasteiger charge is 2.30. The van der Waals surface area contributed by atoms with Gasteiger partial charge in [-0.25, -0.2) is 0 Å². The van der Waals surface area contributed by atoms with E-state index in [9.17, 15) is 4.79 Å². The maximum atomic E-state index is 12.8. The Morgan fingerprint density at radius 3 is 2.88 bits per heavy atom. The van der Waals surface area contributed by atoms with Gasteiger partial charge in [-0.05, 0) is 48.2 Å². The Bertz CT molecular complexity index is 751. The van der Waals surface area contributed by atoms with Crippen LogP contribution in [0.1, 0.15) is 48.9 Å². The van der Waals surface area contributed by atoms with Crippen molar-refractivity contribution in [3.63, 3.8) is 0 Å². The minimum atomic E-state index is -0.0135. The standard InChI is InChI=1S/C20H26N2O2S/c1-24-18-12-19-14(8-10-25-19)11-17(18)20(23)21-15-7-9-22(13-15)16-5-3-2-4-6-16/h8,10-12,15-16H,2-7,9,13H2,1H3,(H,21,23)/t15-/m0/s1. The summed E-state index contributed by atoms with van der Waals surface area (Å²) >= 11 is 1.67. The molecule has 1 amide bonds. The molecule has 0 bridgehead atoms. The van der Waals surface area contributed by atoms with E-state index < -0.39 is 0 Å². The average Bonchev–Trinajstić information content (AvgIpc) is 3.30. The van der Waals surface area contributed by atoms with Gasteiger partial charge in [0.25, 0.3) is 5.91 Å². The molecule has 134 valence electrons. The molecule has 4 rings (SSSR count). The lowest BCUT2D eigenvalue weighted by Gasteiger charge is -2.31. The number of rotatable bonds is 4. The van der Waals surface area contributed by atoms with Crippen molar-refractivity contribution in [2.45, 2.75) is 50.6 Å². The molecule has 0 radical (unpaired) electrons. The summed E-state index contributed by atoms with van der Waals surface area (Å²) in [5.41, 5.74) is 0.643. The van der Waals surface area contributed by atoms with Gasteiger partial charge in [-0.15, -0.1) is 11.3 Å². The van der Waals surface area contributed by atoms with Crippen LogP contribution in [0.2, 0.25) is 0 Å². The predicted molar refractivity (Wildman–Crippen MR) is 103 cm³/mol. The van der Waals surface area contributed by atoms with Crippen molar-refractivity contribution in [1.82, 2.24) is 10.2 Å². The first-order chi connectivity index (χ1) is 12.2. The molecule has 25 heavy (non-hydrogen) atoms. The summed E-state index contributed by atoms with van der Waals surface area (Å²) in [6, 6.07) is 6.95. The zero-order valence-corrected chi connectivity index (χ0v) is 15.6. The van der Waals surface area contributed by atoms with Gasteiger partial charge in [0, 0.05) is 29.9 Å². The number of hydrogen-bond donors (Lipinski definition) is 1. The van der Waals surface area contributed by atoms with Crippen LogP contribution in [0.5, 0.6) is 5.75 Å². The summed E-state index contributed by atoms with van der Waals surface area (Å²) in [5.74, 6) is 0.648. The number of nitrogens with zero attached hydrogens (tertiary/aromatic N) is 1. The van der Waals surface area contributed by atoms with Crippen molar-refractivity contribution < 1.29 is 9.53 Å². The Labute approximate surface area is 153 Å². The second kappa shape index (κ2) is 7.34. The zero-order chi connectivity index (χ0) is 17.2.